The monoisotopic (exact) mass is 156 g/mol. The molecule has 0 unspecified atom stereocenters. The quantitative estimate of drug-likeness (QED) is 0.456. The molecule has 0 aromatic carbocycles. The summed E-state index contributed by atoms with van der Waals surface area (Å²) < 4.78 is 0. The van der Waals surface area contributed by atoms with Gasteiger partial charge in [0.05, 0.1) is 0 Å². The average Bonchev–Trinajstić information content (AvgIpc) is 2.13. The Labute approximate surface area is 72.4 Å². The van der Waals surface area contributed by atoms with Crippen molar-refractivity contribution in [3.8, 4) is 0 Å². The smallest absolute Gasteiger partial charge is 0.0500 e. The van der Waals surface area contributed by atoms with Gasteiger partial charge in [-0.1, -0.05) is 65.7 Å². The van der Waals surface area contributed by atoms with Crippen LogP contribution in [-0.2, 0) is 0 Å². The Hall–Kier alpha value is 0. The lowest BCUT2D eigenvalue weighted by Crippen LogP contribution is -1.66. The van der Waals surface area contributed by atoms with Crippen molar-refractivity contribution in [2.75, 3.05) is 0 Å². The Bertz CT molecular complexity index is 42.0. The van der Waals surface area contributed by atoms with Gasteiger partial charge in [-0.15, -0.1) is 0 Å². The van der Waals surface area contributed by atoms with Crippen molar-refractivity contribution in [2.24, 2.45) is 5.92 Å². The topological polar surface area (TPSA) is 0 Å². The molecule has 1 saturated carbocycles. The molecule has 0 spiro atoms. The number of hydrogen-bond acceptors (Lipinski definition) is 0. The molecule has 0 aromatic rings. The van der Waals surface area contributed by atoms with Gasteiger partial charge < -0.3 is 0 Å². The van der Waals surface area contributed by atoms with Crippen LogP contribution in [0.1, 0.15) is 65.7 Å². The highest BCUT2D eigenvalue weighted by atomic mass is 14.0. The normalized spacial score (nSPS) is 18.5. The van der Waals surface area contributed by atoms with E-state index in [2.05, 4.69) is 20.8 Å². The van der Waals surface area contributed by atoms with Crippen molar-refractivity contribution in [3.63, 3.8) is 0 Å². The van der Waals surface area contributed by atoms with E-state index in [1.54, 1.807) is 0 Å². The molecule has 0 amide bonds. The van der Waals surface area contributed by atoms with Crippen LogP contribution in [0.4, 0.5) is 0 Å². The highest BCUT2D eigenvalue weighted by Crippen LogP contribution is 2.15. The fourth-order valence-corrected chi connectivity index (χ4v) is 1.24. The van der Waals surface area contributed by atoms with Crippen molar-refractivity contribution < 1.29 is 0 Å². The zero-order valence-electron chi connectivity index (χ0n) is 8.53. The molecule has 0 aliphatic heterocycles. The van der Waals surface area contributed by atoms with Crippen LogP contribution in [0.5, 0.6) is 0 Å². The molecule has 1 aliphatic carbocycles. The first kappa shape index (κ1) is 11.0. The van der Waals surface area contributed by atoms with E-state index in [4.69, 9.17) is 0 Å². The van der Waals surface area contributed by atoms with Gasteiger partial charge in [0.25, 0.3) is 0 Å². The third kappa shape index (κ3) is 13.1. The van der Waals surface area contributed by atoms with Gasteiger partial charge in [-0.3, -0.25) is 0 Å². The van der Waals surface area contributed by atoms with Crippen LogP contribution >= 0.6 is 0 Å². The Morgan fingerprint density at radius 3 is 0.727 bits per heavy atom. The van der Waals surface area contributed by atoms with Gasteiger partial charge in [-0.05, 0) is 5.92 Å². The van der Waals surface area contributed by atoms with Gasteiger partial charge in [0.15, 0.2) is 0 Å². The summed E-state index contributed by atoms with van der Waals surface area (Å²) in [5, 5.41) is 0. The SMILES string of the molecule is C1CCCCCC1.CC(C)C. The molecule has 0 saturated heterocycles. The fraction of sp³-hybridized carbons (Fsp3) is 1.00. The second-order valence-electron chi connectivity index (χ2n) is 4.21. The van der Waals surface area contributed by atoms with E-state index in [0.29, 0.717) is 0 Å². The highest BCUT2D eigenvalue weighted by Gasteiger charge is 1.95. The maximum atomic E-state index is 2.17. The maximum Gasteiger partial charge on any atom is -0.0500 e. The fourth-order valence-electron chi connectivity index (χ4n) is 1.24. The summed E-state index contributed by atoms with van der Waals surface area (Å²) in [5.41, 5.74) is 0. The lowest BCUT2D eigenvalue weighted by molar-refractivity contribution is 0.702. The highest BCUT2D eigenvalue weighted by molar-refractivity contribution is 4.51. The summed E-state index contributed by atoms with van der Waals surface area (Å²) in [5.74, 6) is 0.833. The molecule has 1 rings (SSSR count). The summed E-state index contributed by atoms with van der Waals surface area (Å²) in [7, 11) is 0. The van der Waals surface area contributed by atoms with E-state index in [0.717, 1.165) is 5.92 Å². The van der Waals surface area contributed by atoms with Crippen LogP contribution in [0, 0.1) is 5.92 Å². The van der Waals surface area contributed by atoms with Crippen LogP contribution < -0.4 is 0 Å². The minimum Gasteiger partial charge on any atom is -0.0630 e. The predicted molar refractivity (Wildman–Crippen MR) is 52.8 cm³/mol. The Morgan fingerprint density at radius 1 is 0.545 bits per heavy atom. The molecule has 0 nitrogen and oxygen atoms in total. The molecule has 1 fully saturated rings. The van der Waals surface area contributed by atoms with Crippen molar-refractivity contribution in [1.29, 1.82) is 0 Å². The van der Waals surface area contributed by atoms with Crippen molar-refractivity contribution in [3.05, 3.63) is 0 Å². The molecule has 0 atom stereocenters. The minimum absolute atomic E-state index is 0.833. The number of rotatable bonds is 0. The Balaban J connectivity index is 0.000000218. The summed E-state index contributed by atoms with van der Waals surface area (Å²) in [6, 6.07) is 0. The van der Waals surface area contributed by atoms with E-state index in [1.165, 1.54) is 44.9 Å². The maximum absolute atomic E-state index is 2.17. The van der Waals surface area contributed by atoms with Gasteiger partial charge in [0.1, 0.15) is 0 Å². The number of hydrogen-bond donors (Lipinski definition) is 0. The van der Waals surface area contributed by atoms with Crippen LogP contribution in [0.25, 0.3) is 0 Å². The molecular formula is C11H24. The zero-order chi connectivity index (χ0) is 8.53. The molecule has 0 heteroatoms. The lowest BCUT2D eigenvalue weighted by Gasteiger charge is -1.85. The van der Waals surface area contributed by atoms with E-state index in [1.807, 2.05) is 0 Å². The summed E-state index contributed by atoms with van der Waals surface area (Å²) in [6.07, 6.45) is 10.5. The van der Waals surface area contributed by atoms with Gasteiger partial charge in [0, 0.05) is 0 Å². The van der Waals surface area contributed by atoms with E-state index < -0.39 is 0 Å². The van der Waals surface area contributed by atoms with Crippen LogP contribution in [0.2, 0.25) is 0 Å². The molecule has 0 N–H and O–H groups in total. The van der Waals surface area contributed by atoms with Crippen LogP contribution in [-0.4, -0.2) is 0 Å². The molecule has 0 radical (unpaired) electrons. The van der Waals surface area contributed by atoms with Crippen LogP contribution in [0.15, 0.2) is 0 Å². The van der Waals surface area contributed by atoms with Crippen molar-refractivity contribution in [1.82, 2.24) is 0 Å². The van der Waals surface area contributed by atoms with Crippen molar-refractivity contribution >= 4 is 0 Å². The summed E-state index contributed by atoms with van der Waals surface area (Å²) >= 11 is 0. The standard InChI is InChI=1S/C7H14.C4H10/c1-2-4-6-7-5-3-1;1-4(2)3/h1-7H2;4H,1-3H3. The average molecular weight is 156 g/mol. The minimum atomic E-state index is 0.833. The molecule has 11 heavy (non-hydrogen) atoms. The largest absolute Gasteiger partial charge is 0.0630 e. The molecule has 0 heterocycles. The Morgan fingerprint density at radius 2 is 0.636 bits per heavy atom. The van der Waals surface area contributed by atoms with Gasteiger partial charge >= 0.3 is 0 Å². The molecule has 1 aliphatic rings. The van der Waals surface area contributed by atoms with Crippen LogP contribution in [0.3, 0.4) is 0 Å². The second-order valence-corrected chi connectivity index (χ2v) is 4.21. The molecule has 68 valence electrons. The lowest BCUT2D eigenvalue weighted by atomic mass is 10.2. The third-order valence-corrected chi connectivity index (χ3v) is 1.75. The summed E-state index contributed by atoms with van der Waals surface area (Å²) in [4.78, 5) is 0. The van der Waals surface area contributed by atoms with Gasteiger partial charge in [0.2, 0.25) is 0 Å². The zero-order valence-corrected chi connectivity index (χ0v) is 8.53. The third-order valence-electron chi connectivity index (χ3n) is 1.75. The molecule has 0 bridgehead atoms. The molecule has 0 aromatic heterocycles. The first-order valence-corrected chi connectivity index (χ1v) is 5.23. The molecular weight excluding hydrogens is 132 g/mol. The van der Waals surface area contributed by atoms with E-state index in [9.17, 15) is 0 Å². The predicted octanol–water partition coefficient (Wildman–Crippen LogP) is 4.39. The van der Waals surface area contributed by atoms with E-state index >= 15 is 0 Å². The van der Waals surface area contributed by atoms with Gasteiger partial charge in [-0.25, -0.2) is 0 Å². The summed E-state index contributed by atoms with van der Waals surface area (Å²) in [6.45, 7) is 6.50. The second kappa shape index (κ2) is 8.10. The van der Waals surface area contributed by atoms with Gasteiger partial charge in [-0.2, -0.15) is 0 Å². The van der Waals surface area contributed by atoms with E-state index in [-0.39, 0.29) is 0 Å². The first-order chi connectivity index (χ1) is 5.23. The first-order valence-electron chi connectivity index (χ1n) is 5.23. The Kier molecular flexibility index (Phi) is 8.10. The van der Waals surface area contributed by atoms with Crippen molar-refractivity contribution in [2.45, 2.75) is 65.7 Å².